The van der Waals surface area contributed by atoms with Gasteiger partial charge in [0, 0.05) is 33.5 Å². The van der Waals surface area contributed by atoms with Gasteiger partial charge in [-0.25, -0.2) is 15.0 Å². The molecule has 0 amide bonds. The molecule has 0 bridgehead atoms. The average molecular weight is 766 g/mol. The molecule has 0 aliphatic carbocycles. The zero-order chi connectivity index (χ0) is 41.1. The molecule has 0 aliphatic rings. The van der Waals surface area contributed by atoms with E-state index in [2.05, 4.69) is 116 Å². The molecule has 0 spiro atoms. The van der Waals surface area contributed by atoms with Gasteiger partial charge in [-0.2, -0.15) is 0 Å². The summed E-state index contributed by atoms with van der Waals surface area (Å²) in [6.45, 7) is 16.9. The van der Waals surface area contributed by atoms with Crippen molar-refractivity contribution in [2.24, 2.45) is 15.0 Å². The first-order valence-corrected chi connectivity index (χ1v) is 20.0. The van der Waals surface area contributed by atoms with Crippen LogP contribution >= 0.6 is 0 Å². The maximum Gasteiger partial charge on any atom is 0.161 e. The molecule has 0 fully saturated rings. The van der Waals surface area contributed by atoms with Crippen LogP contribution in [0.3, 0.4) is 0 Å². The monoisotopic (exact) mass is 765 g/mol. The molecule has 1 aromatic heterocycles. The van der Waals surface area contributed by atoms with Gasteiger partial charge >= 0.3 is 0 Å². The molecule has 0 saturated carbocycles. The van der Waals surface area contributed by atoms with E-state index in [4.69, 9.17) is 19.4 Å². The van der Waals surface area contributed by atoms with Crippen molar-refractivity contribution in [3.05, 3.63) is 235 Å². The van der Waals surface area contributed by atoms with Crippen molar-refractivity contribution in [2.75, 3.05) is 0 Å². The minimum Gasteiger partial charge on any atom is -0.454 e. The fraction of sp³-hybridized carbons (Fsp3) is 0.0727. The van der Waals surface area contributed by atoms with Gasteiger partial charge < -0.3 is 4.42 Å². The summed E-state index contributed by atoms with van der Waals surface area (Å²) in [4.78, 5) is 15.3. The number of hydrogen-bond acceptors (Lipinski definition) is 3. The highest BCUT2D eigenvalue weighted by Gasteiger charge is 2.19. The van der Waals surface area contributed by atoms with Gasteiger partial charge in [0.1, 0.15) is 11.3 Å². The summed E-state index contributed by atoms with van der Waals surface area (Å²) in [5, 5.41) is 0.917. The number of fused-ring (bicyclic) bond motifs is 1. The molecule has 0 N–H and O–H groups in total. The van der Waals surface area contributed by atoms with Gasteiger partial charge in [-0.15, -0.1) is 0 Å². The quantitative estimate of drug-likeness (QED) is 0.101. The van der Waals surface area contributed by atoms with Gasteiger partial charge in [0.25, 0.3) is 0 Å². The molecular weight excluding hydrogens is 719 g/mol. The molecule has 4 nitrogen and oxygen atoms in total. The SMILES string of the molecule is C=C(N=C(N=C(C)c1ccccc1)c1ccc(-c2ccccc2)cc1)c1cccc(-c2ccc3c(N=C(C)c4ccccc4)c(C(=C)c4ccccc4)oc3c2)c1.CC. The summed E-state index contributed by atoms with van der Waals surface area (Å²) in [5.41, 5.74) is 13.8. The summed E-state index contributed by atoms with van der Waals surface area (Å²) in [6, 6.07) is 63.7. The van der Waals surface area contributed by atoms with Crippen molar-refractivity contribution >= 4 is 45.2 Å². The lowest BCUT2D eigenvalue weighted by molar-refractivity contribution is 0.601. The number of amidine groups is 1. The van der Waals surface area contributed by atoms with Crippen LogP contribution in [0.4, 0.5) is 5.69 Å². The van der Waals surface area contributed by atoms with Crippen molar-refractivity contribution in [3.63, 3.8) is 0 Å². The van der Waals surface area contributed by atoms with Crippen molar-refractivity contribution in [1.29, 1.82) is 0 Å². The van der Waals surface area contributed by atoms with Crippen LogP contribution in [0.2, 0.25) is 0 Å². The summed E-state index contributed by atoms with van der Waals surface area (Å²) in [7, 11) is 0. The summed E-state index contributed by atoms with van der Waals surface area (Å²) in [6.07, 6.45) is 0. The number of furan rings is 1. The largest absolute Gasteiger partial charge is 0.454 e. The first-order valence-electron chi connectivity index (χ1n) is 20.0. The van der Waals surface area contributed by atoms with E-state index in [9.17, 15) is 0 Å². The van der Waals surface area contributed by atoms with Gasteiger partial charge in [-0.3, -0.25) is 0 Å². The third-order valence-electron chi connectivity index (χ3n) is 10.0. The second-order valence-corrected chi connectivity index (χ2v) is 13.9. The second-order valence-electron chi connectivity index (χ2n) is 13.9. The molecule has 1 heterocycles. The van der Waals surface area contributed by atoms with Crippen LogP contribution in [0, 0.1) is 0 Å². The normalized spacial score (nSPS) is 11.8. The van der Waals surface area contributed by atoms with Crippen molar-refractivity contribution in [1.82, 2.24) is 0 Å². The second kappa shape index (κ2) is 18.7. The van der Waals surface area contributed by atoms with E-state index in [0.29, 0.717) is 17.3 Å². The Labute approximate surface area is 348 Å². The van der Waals surface area contributed by atoms with E-state index >= 15 is 0 Å². The smallest absolute Gasteiger partial charge is 0.161 e. The van der Waals surface area contributed by atoms with Gasteiger partial charge in [0.2, 0.25) is 0 Å². The van der Waals surface area contributed by atoms with Crippen LogP contribution in [0.1, 0.15) is 61.3 Å². The maximum atomic E-state index is 6.64. The van der Waals surface area contributed by atoms with Crippen LogP contribution in [-0.4, -0.2) is 17.3 Å². The van der Waals surface area contributed by atoms with Gasteiger partial charge in [0.15, 0.2) is 11.6 Å². The third-order valence-corrected chi connectivity index (χ3v) is 10.0. The highest BCUT2D eigenvalue weighted by atomic mass is 16.3. The molecule has 8 aromatic rings. The fourth-order valence-corrected chi connectivity index (χ4v) is 6.83. The molecule has 4 heteroatoms. The van der Waals surface area contributed by atoms with Gasteiger partial charge in [0.05, 0.1) is 5.70 Å². The van der Waals surface area contributed by atoms with Gasteiger partial charge in [-0.1, -0.05) is 197 Å². The third kappa shape index (κ3) is 9.25. The molecule has 0 radical (unpaired) electrons. The van der Waals surface area contributed by atoms with Gasteiger partial charge in [-0.05, 0) is 71.0 Å². The number of hydrogen-bond donors (Lipinski definition) is 0. The van der Waals surface area contributed by atoms with Crippen LogP contribution < -0.4 is 0 Å². The van der Waals surface area contributed by atoms with E-state index < -0.39 is 0 Å². The molecule has 8 rings (SSSR count). The van der Waals surface area contributed by atoms with E-state index in [1.54, 1.807) is 0 Å². The van der Waals surface area contributed by atoms with Crippen molar-refractivity contribution in [3.8, 4) is 22.3 Å². The predicted octanol–water partition coefficient (Wildman–Crippen LogP) is 14.9. The molecule has 288 valence electrons. The molecular formula is C55H47N3O. The standard InChI is InChI=1S/C53H41N3O.C2H6/c1-36(40-18-9-5-10-19-40)52-51(54-37(2)41-20-11-6-12-21-41)49-33-32-48(35-50(49)57-52)47-27-17-26-46(34-47)39(4)56-53(55-38(3)42-22-13-7-14-23-42)45-30-28-44(29-31-45)43-24-15-8-16-25-43;1-2/h5-35H,1,4H2,2-3H3;1-2H3. The van der Waals surface area contributed by atoms with E-state index in [-0.39, 0.29) is 0 Å². The van der Waals surface area contributed by atoms with Crippen LogP contribution in [-0.2, 0) is 0 Å². The molecule has 0 unspecified atom stereocenters. The lowest BCUT2D eigenvalue weighted by Gasteiger charge is -2.10. The van der Waals surface area contributed by atoms with Crippen molar-refractivity contribution in [2.45, 2.75) is 27.7 Å². The van der Waals surface area contributed by atoms with E-state index in [1.165, 1.54) is 0 Å². The molecule has 7 aromatic carbocycles. The zero-order valence-electron chi connectivity index (χ0n) is 34.1. The molecule has 0 aliphatic heterocycles. The van der Waals surface area contributed by atoms with E-state index in [0.717, 1.165) is 83.7 Å². The Balaban J connectivity index is 0.00000260. The lowest BCUT2D eigenvalue weighted by atomic mass is 10.00. The van der Waals surface area contributed by atoms with Crippen LogP contribution in [0.5, 0.6) is 0 Å². The zero-order valence-corrected chi connectivity index (χ0v) is 34.1. The highest BCUT2D eigenvalue weighted by molar-refractivity contribution is 6.13. The Bertz CT molecular complexity index is 2790. The molecule has 0 atom stereocenters. The molecule has 59 heavy (non-hydrogen) atoms. The fourth-order valence-electron chi connectivity index (χ4n) is 6.83. The minimum absolute atomic E-state index is 0.591. The predicted molar refractivity (Wildman–Crippen MR) is 252 cm³/mol. The summed E-state index contributed by atoms with van der Waals surface area (Å²) >= 11 is 0. The summed E-state index contributed by atoms with van der Waals surface area (Å²) in [5.74, 6) is 1.24. The maximum absolute atomic E-state index is 6.64. The molecule has 0 saturated heterocycles. The Hall–Kier alpha value is -7.43. The number of nitrogens with zero attached hydrogens (tertiary/aromatic N) is 3. The Morgan fingerprint density at radius 3 is 1.56 bits per heavy atom. The van der Waals surface area contributed by atoms with Crippen LogP contribution in [0.25, 0.3) is 44.5 Å². The Kier molecular flexibility index (Phi) is 12.6. The first-order chi connectivity index (χ1) is 28.9. The summed E-state index contributed by atoms with van der Waals surface area (Å²) < 4.78 is 6.64. The highest BCUT2D eigenvalue weighted by Crippen LogP contribution is 2.41. The van der Waals surface area contributed by atoms with Crippen molar-refractivity contribution < 1.29 is 4.42 Å². The lowest BCUT2D eigenvalue weighted by Crippen LogP contribution is -2.04. The number of rotatable bonds is 10. The number of aliphatic imine (C=N–C) groups is 3. The Morgan fingerprint density at radius 2 is 0.932 bits per heavy atom. The van der Waals surface area contributed by atoms with Crippen LogP contribution in [0.15, 0.2) is 221 Å². The Morgan fingerprint density at radius 1 is 0.441 bits per heavy atom. The average Bonchev–Trinajstić information content (AvgIpc) is 3.67. The first kappa shape index (κ1) is 39.8. The number of benzene rings is 7. The minimum atomic E-state index is 0.591. The van der Waals surface area contributed by atoms with E-state index in [1.807, 2.05) is 113 Å². The topological polar surface area (TPSA) is 50.2 Å².